The quantitative estimate of drug-likeness (QED) is 0.771. The number of hydrogen-bond donors (Lipinski definition) is 2. The molecule has 3 N–H and O–H groups in total. The van der Waals surface area contributed by atoms with Crippen molar-refractivity contribution < 1.29 is 13.5 Å². The van der Waals surface area contributed by atoms with Crippen LogP contribution in [-0.4, -0.2) is 13.2 Å². The van der Waals surface area contributed by atoms with Gasteiger partial charge in [0, 0.05) is 31.0 Å². The van der Waals surface area contributed by atoms with E-state index in [1.807, 2.05) is 31.2 Å². The lowest BCUT2D eigenvalue weighted by atomic mass is 9.96. The van der Waals surface area contributed by atoms with Crippen LogP contribution in [0.25, 0.3) is 11.1 Å². The lowest BCUT2D eigenvalue weighted by molar-refractivity contribution is 0.0181. The molecule has 24 heavy (non-hydrogen) atoms. The van der Waals surface area contributed by atoms with Crippen LogP contribution in [0, 0.1) is 0 Å². The number of nitrogens with one attached hydrogen (secondary N) is 1. The van der Waals surface area contributed by atoms with Gasteiger partial charge in [-0.05, 0) is 30.2 Å². The zero-order valence-electron chi connectivity index (χ0n) is 13.9. The van der Waals surface area contributed by atoms with Crippen LogP contribution < -0.4 is 11.1 Å². The average molecular weight is 332 g/mol. The third-order valence-corrected chi connectivity index (χ3v) is 3.47. The molecule has 0 unspecified atom stereocenters. The van der Waals surface area contributed by atoms with Gasteiger partial charge in [0.05, 0.1) is 12.3 Å². The molecular formula is C19H22F2N2O. The van der Waals surface area contributed by atoms with Crippen molar-refractivity contribution in [3.63, 3.8) is 0 Å². The molecule has 0 atom stereocenters. The van der Waals surface area contributed by atoms with E-state index in [-0.39, 0.29) is 5.56 Å². The molecule has 2 aromatic carbocycles. The summed E-state index contributed by atoms with van der Waals surface area (Å²) in [7, 11) is 0. The van der Waals surface area contributed by atoms with E-state index in [1.54, 1.807) is 24.4 Å². The minimum Gasteiger partial charge on any atom is -0.399 e. The topological polar surface area (TPSA) is 47.3 Å². The van der Waals surface area contributed by atoms with E-state index in [0.29, 0.717) is 30.0 Å². The fraction of sp³-hybridized carbons (Fsp3) is 0.263. The molecule has 2 rings (SSSR count). The van der Waals surface area contributed by atoms with Crippen LogP contribution in [0.3, 0.4) is 0 Å². The molecule has 0 fully saturated rings. The molecule has 0 aromatic heterocycles. The van der Waals surface area contributed by atoms with E-state index in [2.05, 4.69) is 5.32 Å². The SMILES string of the molecule is CCOC/C(N)=C/Nc1cccc(-c2ccccc2C(C)(F)F)c1. The second kappa shape index (κ2) is 7.93. The number of hydrogen-bond acceptors (Lipinski definition) is 3. The van der Waals surface area contributed by atoms with E-state index in [0.717, 1.165) is 12.6 Å². The highest BCUT2D eigenvalue weighted by atomic mass is 19.3. The Kier molecular flexibility index (Phi) is 5.93. The van der Waals surface area contributed by atoms with Crippen molar-refractivity contribution in [3.8, 4) is 11.1 Å². The second-order valence-electron chi connectivity index (χ2n) is 5.52. The summed E-state index contributed by atoms with van der Waals surface area (Å²) in [6.07, 6.45) is 1.65. The van der Waals surface area contributed by atoms with Gasteiger partial charge in [0.25, 0.3) is 5.92 Å². The Bertz CT molecular complexity index is 709. The van der Waals surface area contributed by atoms with Crippen molar-refractivity contribution in [2.75, 3.05) is 18.5 Å². The molecule has 0 amide bonds. The minimum atomic E-state index is -2.90. The summed E-state index contributed by atoms with van der Waals surface area (Å²) >= 11 is 0. The first kappa shape index (κ1) is 17.9. The Morgan fingerprint density at radius 1 is 1.21 bits per heavy atom. The largest absolute Gasteiger partial charge is 0.399 e. The Balaban J connectivity index is 2.26. The standard InChI is InChI=1S/C19H22F2N2O/c1-3-24-13-15(22)12-23-16-8-6-7-14(11-16)17-9-4-5-10-18(17)19(2,20)21/h4-12,23H,3,13,22H2,1-2H3/b15-12-. The fourth-order valence-electron chi connectivity index (χ4n) is 2.33. The molecule has 0 aliphatic carbocycles. The first-order valence-electron chi connectivity index (χ1n) is 7.78. The first-order chi connectivity index (χ1) is 11.4. The highest BCUT2D eigenvalue weighted by Crippen LogP contribution is 2.36. The smallest absolute Gasteiger partial charge is 0.271 e. The summed E-state index contributed by atoms with van der Waals surface area (Å²) in [5, 5.41) is 3.07. The van der Waals surface area contributed by atoms with Crippen LogP contribution in [0.4, 0.5) is 14.5 Å². The van der Waals surface area contributed by atoms with Crippen molar-refractivity contribution in [2.45, 2.75) is 19.8 Å². The van der Waals surface area contributed by atoms with Gasteiger partial charge in [0.1, 0.15) is 0 Å². The zero-order valence-corrected chi connectivity index (χ0v) is 13.9. The minimum absolute atomic E-state index is 0.00792. The first-order valence-corrected chi connectivity index (χ1v) is 7.78. The van der Waals surface area contributed by atoms with Gasteiger partial charge >= 0.3 is 0 Å². The third kappa shape index (κ3) is 4.80. The molecule has 2 aromatic rings. The maximum atomic E-state index is 13.8. The van der Waals surface area contributed by atoms with Gasteiger partial charge in [-0.1, -0.05) is 36.4 Å². The number of ether oxygens (including phenoxy) is 1. The second-order valence-corrected chi connectivity index (χ2v) is 5.52. The van der Waals surface area contributed by atoms with Gasteiger partial charge in [-0.2, -0.15) is 0 Å². The summed E-state index contributed by atoms with van der Waals surface area (Å²) in [6, 6.07) is 13.8. The van der Waals surface area contributed by atoms with Gasteiger partial charge in [-0.15, -0.1) is 0 Å². The summed E-state index contributed by atoms with van der Waals surface area (Å²) in [6.45, 7) is 3.73. The predicted octanol–water partition coefficient (Wildman–Crippen LogP) is 4.71. The Morgan fingerprint density at radius 3 is 2.67 bits per heavy atom. The molecule has 0 heterocycles. The molecule has 0 bridgehead atoms. The maximum Gasteiger partial charge on any atom is 0.271 e. The lowest BCUT2D eigenvalue weighted by Crippen LogP contribution is -2.09. The predicted molar refractivity (Wildman–Crippen MR) is 93.8 cm³/mol. The molecule has 0 saturated heterocycles. The molecular weight excluding hydrogens is 310 g/mol. The summed E-state index contributed by atoms with van der Waals surface area (Å²) < 4.78 is 32.8. The van der Waals surface area contributed by atoms with Crippen molar-refractivity contribution >= 4 is 5.69 Å². The van der Waals surface area contributed by atoms with Gasteiger partial charge in [0.2, 0.25) is 0 Å². The van der Waals surface area contributed by atoms with Gasteiger partial charge in [0.15, 0.2) is 0 Å². The van der Waals surface area contributed by atoms with Crippen LogP contribution in [-0.2, 0) is 10.7 Å². The molecule has 0 spiro atoms. The summed E-state index contributed by atoms with van der Waals surface area (Å²) in [4.78, 5) is 0. The van der Waals surface area contributed by atoms with E-state index in [9.17, 15) is 8.78 Å². The molecule has 128 valence electrons. The van der Waals surface area contributed by atoms with Crippen molar-refractivity contribution in [1.29, 1.82) is 0 Å². The summed E-state index contributed by atoms with van der Waals surface area (Å²) in [5.74, 6) is -2.90. The fourth-order valence-corrected chi connectivity index (χ4v) is 2.33. The Labute approximate surface area is 141 Å². The molecule has 0 aliphatic heterocycles. The summed E-state index contributed by atoms with van der Waals surface area (Å²) in [5.41, 5.74) is 8.37. The van der Waals surface area contributed by atoms with Crippen molar-refractivity contribution in [3.05, 3.63) is 66.0 Å². The highest BCUT2D eigenvalue weighted by Gasteiger charge is 2.27. The molecule has 5 heteroatoms. The van der Waals surface area contributed by atoms with Crippen LogP contribution in [0.2, 0.25) is 0 Å². The normalized spacial score (nSPS) is 12.2. The van der Waals surface area contributed by atoms with Crippen molar-refractivity contribution in [2.24, 2.45) is 5.73 Å². The van der Waals surface area contributed by atoms with Gasteiger partial charge < -0.3 is 15.8 Å². The number of benzene rings is 2. The maximum absolute atomic E-state index is 13.8. The zero-order chi connectivity index (χ0) is 17.6. The van der Waals surface area contributed by atoms with Gasteiger partial charge in [-0.25, -0.2) is 8.78 Å². The number of rotatable bonds is 7. The molecule has 3 nitrogen and oxygen atoms in total. The number of anilines is 1. The molecule has 0 saturated carbocycles. The van der Waals surface area contributed by atoms with Crippen LogP contribution >= 0.6 is 0 Å². The lowest BCUT2D eigenvalue weighted by Gasteiger charge is -2.16. The van der Waals surface area contributed by atoms with Crippen LogP contribution in [0.15, 0.2) is 60.4 Å². The van der Waals surface area contributed by atoms with E-state index >= 15 is 0 Å². The van der Waals surface area contributed by atoms with Crippen LogP contribution in [0.5, 0.6) is 0 Å². The van der Waals surface area contributed by atoms with Crippen molar-refractivity contribution in [1.82, 2.24) is 0 Å². The van der Waals surface area contributed by atoms with E-state index < -0.39 is 5.92 Å². The Hall–Kier alpha value is -2.40. The number of nitrogens with two attached hydrogens (primary N) is 1. The molecule has 0 radical (unpaired) electrons. The Morgan fingerprint density at radius 2 is 1.96 bits per heavy atom. The average Bonchev–Trinajstić information content (AvgIpc) is 2.57. The van der Waals surface area contributed by atoms with Crippen LogP contribution in [0.1, 0.15) is 19.4 Å². The third-order valence-electron chi connectivity index (χ3n) is 3.47. The van der Waals surface area contributed by atoms with Gasteiger partial charge in [-0.3, -0.25) is 0 Å². The molecule has 0 aliphatic rings. The van der Waals surface area contributed by atoms with E-state index in [4.69, 9.17) is 10.5 Å². The highest BCUT2D eigenvalue weighted by molar-refractivity contribution is 5.72. The van der Waals surface area contributed by atoms with E-state index in [1.165, 1.54) is 6.07 Å². The monoisotopic (exact) mass is 332 g/mol. The number of alkyl halides is 2. The number of halogens is 2.